The molecular formula is C17H21FN2O2. The van der Waals surface area contributed by atoms with E-state index in [1.165, 1.54) is 12.1 Å². The lowest BCUT2D eigenvalue weighted by molar-refractivity contribution is -0.140. The van der Waals surface area contributed by atoms with Crippen LogP contribution < -0.4 is 5.32 Å². The summed E-state index contributed by atoms with van der Waals surface area (Å²) in [5.41, 5.74) is 0.611. The molecule has 0 atom stereocenters. The Labute approximate surface area is 129 Å². The van der Waals surface area contributed by atoms with E-state index in [0.29, 0.717) is 31.6 Å². The number of hydrogen-bond acceptors (Lipinski definition) is 2. The van der Waals surface area contributed by atoms with Crippen molar-refractivity contribution >= 4 is 17.5 Å². The van der Waals surface area contributed by atoms with Gasteiger partial charge in [0, 0.05) is 30.6 Å². The van der Waals surface area contributed by atoms with Crippen molar-refractivity contribution in [2.24, 2.45) is 11.8 Å². The lowest BCUT2D eigenvalue weighted by atomic mass is 9.83. The number of likely N-dealkylation sites (tertiary alicyclic amines) is 1. The molecule has 118 valence electrons. The van der Waals surface area contributed by atoms with Crippen LogP contribution in [0.2, 0.25) is 0 Å². The quantitative estimate of drug-likeness (QED) is 0.933. The van der Waals surface area contributed by atoms with Crippen LogP contribution in [0.25, 0.3) is 0 Å². The van der Waals surface area contributed by atoms with Gasteiger partial charge >= 0.3 is 0 Å². The average Bonchev–Trinajstić information content (AvgIpc) is 2.48. The fourth-order valence-electron chi connectivity index (χ4n) is 3.05. The molecule has 2 fully saturated rings. The van der Waals surface area contributed by atoms with Gasteiger partial charge in [-0.2, -0.15) is 0 Å². The normalized spacial score (nSPS) is 19.6. The van der Waals surface area contributed by atoms with Crippen LogP contribution in [-0.4, -0.2) is 29.8 Å². The zero-order valence-corrected chi connectivity index (χ0v) is 12.6. The van der Waals surface area contributed by atoms with E-state index in [-0.39, 0.29) is 29.5 Å². The molecule has 22 heavy (non-hydrogen) atoms. The summed E-state index contributed by atoms with van der Waals surface area (Å²) < 4.78 is 12.8. The summed E-state index contributed by atoms with van der Waals surface area (Å²) >= 11 is 0. The summed E-state index contributed by atoms with van der Waals surface area (Å²) in [6.07, 6.45) is 4.59. The third-order valence-corrected chi connectivity index (χ3v) is 4.74. The van der Waals surface area contributed by atoms with Crippen molar-refractivity contribution < 1.29 is 14.0 Å². The molecule has 0 unspecified atom stereocenters. The fourth-order valence-corrected chi connectivity index (χ4v) is 3.05. The second-order valence-electron chi connectivity index (χ2n) is 6.22. The molecule has 3 rings (SSSR count). The maximum Gasteiger partial charge on any atom is 0.227 e. The first-order chi connectivity index (χ1) is 10.6. The summed E-state index contributed by atoms with van der Waals surface area (Å²) in [6.45, 7) is 1.33. The number of piperidine rings is 1. The number of hydrogen-bond donors (Lipinski definition) is 1. The SMILES string of the molecule is O=C(Nc1ccc(F)cc1)C1CCN(C(=O)C2CCC2)CC1. The highest BCUT2D eigenvalue weighted by molar-refractivity contribution is 5.92. The number of benzene rings is 1. The van der Waals surface area contributed by atoms with Gasteiger partial charge in [0.1, 0.15) is 5.82 Å². The largest absolute Gasteiger partial charge is 0.342 e. The molecule has 1 saturated heterocycles. The predicted molar refractivity (Wildman–Crippen MR) is 81.7 cm³/mol. The molecular weight excluding hydrogens is 283 g/mol. The van der Waals surface area contributed by atoms with Gasteiger partial charge in [-0.25, -0.2) is 4.39 Å². The van der Waals surface area contributed by atoms with Gasteiger partial charge in [0.2, 0.25) is 11.8 Å². The molecule has 1 N–H and O–H groups in total. The summed E-state index contributed by atoms with van der Waals surface area (Å²) in [5.74, 6) is 0.0619. The predicted octanol–water partition coefficient (Wildman–Crippen LogP) is 2.80. The van der Waals surface area contributed by atoms with E-state index in [2.05, 4.69) is 5.32 Å². The van der Waals surface area contributed by atoms with Gasteiger partial charge < -0.3 is 10.2 Å². The van der Waals surface area contributed by atoms with Crippen LogP contribution in [0.1, 0.15) is 32.1 Å². The Morgan fingerprint density at radius 3 is 2.18 bits per heavy atom. The molecule has 1 heterocycles. The minimum absolute atomic E-state index is 0.0395. The smallest absolute Gasteiger partial charge is 0.227 e. The van der Waals surface area contributed by atoms with E-state index in [1.54, 1.807) is 12.1 Å². The lowest BCUT2D eigenvalue weighted by Gasteiger charge is -2.36. The minimum atomic E-state index is -0.319. The van der Waals surface area contributed by atoms with Crippen LogP contribution >= 0.6 is 0 Å². The first-order valence-corrected chi connectivity index (χ1v) is 7.99. The van der Waals surface area contributed by atoms with Crippen molar-refractivity contribution in [2.45, 2.75) is 32.1 Å². The van der Waals surface area contributed by atoms with Crippen LogP contribution in [0.5, 0.6) is 0 Å². The van der Waals surface area contributed by atoms with Crippen molar-refractivity contribution in [1.29, 1.82) is 0 Å². The number of carbonyl (C=O) groups is 2. The molecule has 1 aromatic rings. The van der Waals surface area contributed by atoms with Crippen molar-refractivity contribution in [3.8, 4) is 0 Å². The fraction of sp³-hybridized carbons (Fsp3) is 0.529. The molecule has 0 spiro atoms. The van der Waals surface area contributed by atoms with Crippen LogP contribution in [0.15, 0.2) is 24.3 Å². The maximum absolute atomic E-state index is 12.8. The van der Waals surface area contributed by atoms with Crippen LogP contribution in [0, 0.1) is 17.7 Å². The molecule has 1 aliphatic heterocycles. The van der Waals surface area contributed by atoms with Crippen molar-refractivity contribution in [3.63, 3.8) is 0 Å². The van der Waals surface area contributed by atoms with Gasteiger partial charge in [0.15, 0.2) is 0 Å². The highest BCUT2D eigenvalue weighted by Gasteiger charge is 2.33. The van der Waals surface area contributed by atoms with E-state index in [9.17, 15) is 14.0 Å². The number of halogens is 1. The van der Waals surface area contributed by atoms with Crippen LogP contribution in [0.4, 0.5) is 10.1 Å². The van der Waals surface area contributed by atoms with Gasteiger partial charge in [-0.1, -0.05) is 6.42 Å². The topological polar surface area (TPSA) is 49.4 Å². The third kappa shape index (κ3) is 3.29. The van der Waals surface area contributed by atoms with E-state index < -0.39 is 0 Å². The number of carbonyl (C=O) groups excluding carboxylic acids is 2. The van der Waals surface area contributed by atoms with Gasteiger partial charge in [-0.3, -0.25) is 9.59 Å². The monoisotopic (exact) mass is 304 g/mol. The molecule has 5 heteroatoms. The molecule has 1 aromatic carbocycles. The van der Waals surface area contributed by atoms with Crippen molar-refractivity contribution in [2.75, 3.05) is 18.4 Å². The minimum Gasteiger partial charge on any atom is -0.342 e. The Balaban J connectivity index is 1.49. The number of nitrogens with zero attached hydrogens (tertiary/aromatic N) is 1. The maximum atomic E-state index is 12.8. The second kappa shape index (κ2) is 6.46. The third-order valence-electron chi connectivity index (χ3n) is 4.74. The number of amides is 2. The molecule has 0 radical (unpaired) electrons. The first kappa shape index (κ1) is 15.0. The summed E-state index contributed by atoms with van der Waals surface area (Å²) in [7, 11) is 0. The summed E-state index contributed by atoms with van der Waals surface area (Å²) in [4.78, 5) is 26.3. The van der Waals surface area contributed by atoms with Crippen molar-refractivity contribution in [1.82, 2.24) is 4.90 Å². The van der Waals surface area contributed by atoms with Gasteiger partial charge in [0.25, 0.3) is 0 Å². The van der Waals surface area contributed by atoms with Gasteiger partial charge in [0.05, 0.1) is 0 Å². The first-order valence-electron chi connectivity index (χ1n) is 7.99. The Bertz CT molecular complexity index is 546. The van der Waals surface area contributed by atoms with E-state index in [4.69, 9.17) is 0 Å². The zero-order valence-electron chi connectivity index (χ0n) is 12.6. The Morgan fingerprint density at radius 1 is 1.00 bits per heavy atom. The van der Waals surface area contributed by atoms with Crippen molar-refractivity contribution in [3.05, 3.63) is 30.1 Å². The number of nitrogens with one attached hydrogen (secondary N) is 1. The number of anilines is 1. The van der Waals surface area contributed by atoms with E-state index in [1.807, 2.05) is 4.90 Å². The highest BCUT2D eigenvalue weighted by Crippen LogP contribution is 2.30. The molecule has 4 nitrogen and oxygen atoms in total. The second-order valence-corrected chi connectivity index (χ2v) is 6.22. The van der Waals surface area contributed by atoms with E-state index >= 15 is 0 Å². The Hall–Kier alpha value is -1.91. The number of rotatable bonds is 3. The van der Waals surface area contributed by atoms with Gasteiger partial charge in [-0.15, -0.1) is 0 Å². The molecule has 0 bridgehead atoms. The molecule has 0 aromatic heterocycles. The lowest BCUT2D eigenvalue weighted by Crippen LogP contribution is -2.45. The van der Waals surface area contributed by atoms with Gasteiger partial charge in [-0.05, 0) is 49.9 Å². The standard InChI is InChI=1S/C17H21FN2O2/c18-14-4-6-15(7-5-14)19-16(21)12-8-10-20(11-9-12)17(22)13-2-1-3-13/h4-7,12-13H,1-3,8-11H2,(H,19,21). The zero-order chi connectivity index (χ0) is 15.5. The Morgan fingerprint density at radius 2 is 1.64 bits per heavy atom. The summed E-state index contributed by atoms with van der Waals surface area (Å²) in [6, 6.07) is 5.77. The van der Waals surface area contributed by atoms with E-state index in [0.717, 1.165) is 19.3 Å². The molecule has 1 aliphatic carbocycles. The molecule has 2 aliphatic rings. The van der Waals surface area contributed by atoms with Crippen LogP contribution in [-0.2, 0) is 9.59 Å². The van der Waals surface area contributed by atoms with Crippen LogP contribution in [0.3, 0.4) is 0 Å². The highest BCUT2D eigenvalue weighted by atomic mass is 19.1. The Kier molecular flexibility index (Phi) is 4.41. The molecule has 1 saturated carbocycles. The summed E-state index contributed by atoms with van der Waals surface area (Å²) in [5, 5.41) is 2.82. The average molecular weight is 304 g/mol. The molecule has 2 amide bonds.